The van der Waals surface area contributed by atoms with Crippen molar-refractivity contribution in [3.63, 3.8) is 0 Å². The van der Waals surface area contributed by atoms with E-state index >= 15 is 0 Å². The van der Waals surface area contributed by atoms with Gasteiger partial charge in [-0.25, -0.2) is 0 Å². The maximum absolute atomic E-state index is 4.02. The van der Waals surface area contributed by atoms with E-state index in [9.17, 15) is 0 Å². The summed E-state index contributed by atoms with van der Waals surface area (Å²) >= 11 is 0. The highest BCUT2D eigenvalue weighted by Crippen LogP contribution is 2.41. The van der Waals surface area contributed by atoms with Crippen LogP contribution < -0.4 is 9.80 Å². The minimum atomic E-state index is 0.130. The summed E-state index contributed by atoms with van der Waals surface area (Å²) < 4.78 is 0. The maximum Gasteiger partial charge on any atom is 0.0467 e. The first-order valence-electron chi connectivity index (χ1n) is 18.9. The van der Waals surface area contributed by atoms with E-state index in [1.54, 1.807) is 0 Å². The highest BCUT2D eigenvalue weighted by Gasteiger charge is 2.21. The normalized spacial score (nSPS) is 10.9. The van der Waals surface area contributed by atoms with Crippen molar-refractivity contribution in [3.8, 4) is 0 Å². The van der Waals surface area contributed by atoms with Crippen LogP contribution in [0, 0.1) is 0 Å². The van der Waals surface area contributed by atoms with Crippen LogP contribution >= 0.6 is 0 Å². The topological polar surface area (TPSA) is 6.48 Å². The van der Waals surface area contributed by atoms with E-state index in [2.05, 4.69) is 200 Å². The number of nitrogens with zero attached hydrogens (tertiary/aromatic N) is 2. The van der Waals surface area contributed by atoms with Gasteiger partial charge in [-0.1, -0.05) is 149 Å². The second kappa shape index (κ2) is 19.0. The van der Waals surface area contributed by atoms with Gasteiger partial charge in [0.05, 0.1) is 0 Å². The molecular weight excluding hydrogens is 617 g/mol. The molecule has 0 aliphatic rings. The lowest BCUT2D eigenvalue weighted by Crippen LogP contribution is -2.16. The molecule has 0 aliphatic carbocycles. The molecule has 0 atom stereocenters. The lowest BCUT2D eigenvalue weighted by atomic mass is 9.82. The molecule has 0 heterocycles. The Morgan fingerprint density at radius 3 is 0.980 bits per heavy atom. The van der Waals surface area contributed by atoms with Gasteiger partial charge in [0.1, 0.15) is 0 Å². The first-order valence-corrected chi connectivity index (χ1v) is 18.9. The Bertz CT molecular complexity index is 1660. The zero-order chi connectivity index (χ0) is 37.6. The molecule has 268 valence electrons. The van der Waals surface area contributed by atoms with Crippen LogP contribution in [0.2, 0.25) is 0 Å². The zero-order valence-electron chi connectivity index (χ0n) is 33.1. The average Bonchev–Trinajstić information content (AvgIpc) is 3.17. The molecule has 0 N–H and O–H groups in total. The summed E-state index contributed by atoms with van der Waals surface area (Å²) in [6, 6.07) is 44.0. The summed E-state index contributed by atoms with van der Waals surface area (Å²) in [5.74, 6) is 0. The fraction of sp³-hybridized carbons (Fsp3) is 0.306. The van der Waals surface area contributed by atoms with E-state index in [0.717, 1.165) is 58.1 Å². The molecule has 5 aromatic rings. The molecule has 0 unspecified atom stereocenters. The number of hydrogen-bond donors (Lipinski definition) is 0. The van der Waals surface area contributed by atoms with Crippen LogP contribution in [-0.4, -0.2) is 0 Å². The molecule has 0 spiro atoms. The first kappa shape index (κ1) is 40.6. The number of rotatable bonds is 12. The molecule has 51 heavy (non-hydrogen) atoms. The van der Waals surface area contributed by atoms with Gasteiger partial charge in [0, 0.05) is 34.1 Å². The third-order valence-electron chi connectivity index (χ3n) is 9.68. The van der Waals surface area contributed by atoms with Gasteiger partial charge in [0.2, 0.25) is 0 Å². The number of benzene rings is 5. The second-order valence-corrected chi connectivity index (χ2v) is 14.1. The van der Waals surface area contributed by atoms with E-state index < -0.39 is 0 Å². The van der Waals surface area contributed by atoms with E-state index in [-0.39, 0.29) is 10.8 Å². The fourth-order valence-corrected chi connectivity index (χ4v) is 5.76. The van der Waals surface area contributed by atoms with Gasteiger partial charge in [0.15, 0.2) is 0 Å². The molecule has 0 bridgehead atoms. The predicted octanol–water partition coefficient (Wildman–Crippen LogP) is 15.7. The molecule has 5 aromatic carbocycles. The second-order valence-electron chi connectivity index (χ2n) is 14.1. The summed E-state index contributed by atoms with van der Waals surface area (Å²) in [5, 5.41) is 0. The van der Waals surface area contributed by atoms with Gasteiger partial charge in [-0.05, 0) is 119 Å². The van der Waals surface area contributed by atoms with Gasteiger partial charge in [-0.2, -0.15) is 0 Å². The maximum atomic E-state index is 4.02. The molecule has 0 saturated carbocycles. The molecule has 2 nitrogen and oxygen atoms in total. The SMILES string of the molecule is C=Cc1cccc(N(c2ccc(N(c3ccc(C(C)(C)CC)cc3)c3cccc(C=C)c3)cc2)c2ccc(C(C)(C)CC)cc2)c1.CC.CCC. The summed E-state index contributed by atoms with van der Waals surface area (Å²) in [7, 11) is 0. The van der Waals surface area contributed by atoms with E-state index in [0.29, 0.717) is 0 Å². The summed E-state index contributed by atoms with van der Waals surface area (Å²) in [5.41, 5.74) is 11.7. The van der Waals surface area contributed by atoms with Crippen LogP contribution in [0.5, 0.6) is 0 Å². The smallest absolute Gasteiger partial charge is 0.0467 e. The molecule has 0 aromatic heterocycles. The Labute approximate surface area is 311 Å². The quantitative estimate of drug-likeness (QED) is 0.130. The largest absolute Gasteiger partial charge is 0.310 e. The highest BCUT2D eigenvalue weighted by molar-refractivity contribution is 5.82. The highest BCUT2D eigenvalue weighted by atomic mass is 15.2. The summed E-state index contributed by atoms with van der Waals surface area (Å²) in [6.45, 7) is 30.0. The predicted molar refractivity (Wildman–Crippen MR) is 230 cm³/mol. The van der Waals surface area contributed by atoms with Crippen molar-refractivity contribution in [1.82, 2.24) is 0 Å². The molecule has 0 fully saturated rings. The van der Waals surface area contributed by atoms with Crippen molar-refractivity contribution in [3.05, 3.63) is 157 Å². The Kier molecular flexibility index (Phi) is 15.1. The number of hydrogen-bond acceptors (Lipinski definition) is 2. The molecule has 0 saturated heterocycles. The van der Waals surface area contributed by atoms with Crippen LogP contribution in [-0.2, 0) is 10.8 Å². The average molecular weight is 679 g/mol. The van der Waals surface area contributed by atoms with E-state index in [1.807, 2.05) is 26.0 Å². The van der Waals surface area contributed by atoms with Crippen molar-refractivity contribution >= 4 is 46.3 Å². The standard InChI is InChI=1S/C44H48N2.C3H8.C2H6/c1-9-33-15-13-17-41(31-33)45(37-23-19-35(20-24-37)43(5,6)11-3)39-27-29-40(30-28-39)46(42-18-14-16-34(10-2)32-42)38-25-21-36(22-26-38)44(7,8)12-4;1-3-2;1-2/h9-10,13-32H,1-2,11-12H2,3-8H3;3H2,1-2H3;1-2H3. The Balaban J connectivity index is 0.00000133. The van der Waals surface area contributed by atoms with Crippen molar-refractivity contribution < 1.29 is 0 Å². The van der Waals surface area contributed by atoms with Crippen LogP contribution in [0.4, 0.5) is 34.1 Å². The van der Waals surface area contributed by atoms with Gasteiger partial charge in [-0.15, -0.1) is 0 Å². The lowest BCUT2D eigenvalue weighted by molar-refractivity contribution is 0.506. The monoisotopic (exact) mass is 678 g/mol. The molecule has 5 rings (SSSR count). The van der Waals surface area contributed by atoms with Gasteiger partial charge in [-0.3, -0.25) is 0 Å². The van der Waals surface area contributed by atoms with Gasteiger partial charge >= 0.3 is 0 Å². The summed E-state index contributed by atoms with van der Waals surface area (Å²) in [6.07, 6.45) is 7.23. The van der Waals surface area contributed by atoms with Crippen LogP contribution in [0.3, 0.4) is 0 Å². The third kappa shape index (κ3) is 10.1. The summed E-state index contributed by atoms with van der Waals surface area (Å²) in [4.78, 5) is 4.65. The molecule has 2 heteroatoms. The zero-order valence-corrected chi connectivity index (χ0v) is 33.1. The minimum Gasteiger partial charge on any atom is -0.310 e. The van der Waals surface area contributed by atoms with Gasteiger partial charge in [0.25, 0.3) is 0 Å². The minimum absolute atomic E-state index is 0.130. The van der Waals surface area contributed by atoms with Crippen LogP contribution in [0.25, 0.3) is 12.2 Å². The Morgan fingerprint density at radius 1 is 0.451 bits per heavy atom. The Morgan fingerprint density at radius 2 is 0.725 bits per heavy atom. The Hall–Kier alpha value is -4.82. The van der Waals surface area contributed by atoms with E-state index in [4.69, 9.17) is 0 Å². The van der Waals surface area contributed by atoms with Crippen molar-refractivity contribution in [1.29, 1.82) is 0 Å². The van der Waals surface area contributed by atoms with E-state index in [1.165, 1.54) is 17.5 Å². The molecule has 0 amide bonds. The van der Waals surface area contributed by atoms with Crippen molar-refractivity contribution in [2.24, 2.45) is 0 Å². The van der Waals surface area contributed by atoms with Crippen LogP contribution in [0.15, 0.2) is 134 Å². The van der Waals surface area contributed by atoms with Gasteiger partial charge < -0.3 is 9.80 Å². The third-order valence-corrected chi connectivity index (χ3v) is 9.68. The fourth-order valence-electron chi connectivity index (χ4n) is 5.76. The lowest BCUT2D eigenvalue weighted by Gasteiger charge is -2.30. The number of anilines is 6. The first-order chi connectivity index (χ1) is 24.5. The van der Waals surface area contributed by atoms with Crippen molar-refractivity contribution in [2.45, 2.75) is 99.3 Å². The molecule has 0 aliphatic heterocycles. The van der Waals surface area contributed by atoms with Crippen LogP contribution in [0.1, 0.15) is 111 Å². The van der Waals surface area contributed by atoms with Crippen molar-refractivity contribution in [2.75, 3.05) is 9.80 Å². The molecule has 0 radical (unpaired) electrons. The molecular formula is C49H62N2.